The van der Waals surface area contributed by atoms with Gasteiger partial charge in [0.25, 0.3) is 0 Å². The van der Waals surface area contributed by atoms with E-state index in [0.717, 1.165) is 31.2 Å². The van der Waals surface area contributed by atoms with E-state index in [0.29, 0.717) is 22.4 Å². The van der Waals surface area contributed by atoms with Crippen LogP contribution < -0.4 is 10.6 Å². The van der Waals surface area contributed by atoms with Crippen LogP contribution in [-0.2, 0) is 0 Å². The smallest absolute Gasteiger partial charge is 0.315 e. The van der Waals surface area contributed by atoms with E-state index in [-0.39, 0.29) is 12.1 Å². The van der Waals surface area contributed by atoms with Crippen LogP contribution in [0, 0.1) is 0 Å². The predicted molar refractivity (Wildman–Crippen MR) is 112 cm³/mol. The average molecular weight is 411 g/mol. The molecule has 2 amide bonds. The van der Waals surface area contributed by atoms with Gasteiger partial charge in [-0.1, -0.05) is 73.3 Å². The van der Waals surface area contributed by atoms with Gasteiger partial charge in [0, 0.05) is 6.04 Å². The van der Waals surface area contributed by atoms with Gasteiger partial charge >= 0.3 is 6.03 Å². The second kappa shape index (κ2) is 9.09. The fraction of sp³-hybridized carbons (Fsp3) is 0.318. The Morgan fingerprint density at radius 3 is 2.48 bits per heavy atom. The summed E-state index contributed by atoms with van der Waals surface area (Å²) in [5.74, 6) is 0.630. The largest absolute Gasteiger partial charge is 0.418 e. The molecule has 0 bridgehead atoms. The fourth-order valence-corrected chi connectivity index (χ4v) is 3.85. The molecule has 0 radical (unpaired) electrons. The van der Waals surface area contributed by atoms with Crippen molar-refractivity contribution >= 4 is 17.6 Å². The van der Waals surface area contributed by atoms with Gasteiger partial charge in [0.05, 0.1) is 10.6 Å². The summed E-state index contributed by atoms with van der Waals surface area (Å²) < 4.78 is 5.91. The van der Waals surface area contributed by atoms with Gasteiger partial charge in [-0.2, -0.15) is 0 Å². The van der Waals surface area contributed by atoms with Gasteiger partial charge in [0.2, 0.25) is 11.8 Å². The van der Waals surface area contributed by atoms with Crippen molar-refractivity contribution in [1.29, 1.82) is 0 Å². The first kappa shape index (κ1) is 19.5. The molecule has 1 aromatic heterocycles. The van der Waals surface area contributed by atoms with E-state index in [1.165, 1.54) is 6.42 Å². The Hall–Kier alpha value is -2.86. The number of hydrogen-bond acceptors (Lipinski definition) is 4. The van der Waals surface area contributed by atoms with Crippen LogP contribution >= 0.6 is 11.6 Å². The first-order valence-electron chi connectivity index (χ1n) is 9.91. The molecule has 1 aliphatic carbocycles. The normalized spacial score (nSPS) is 15.6. The molecule has 0 saturated heterocycles. The Labute approximate surface area is 174 Å². The third-order valence-corrected chi connectivity index (χ3v) is 5.47. The molecule has 0 aliphatic heterocycles. The maximum Gasteiger partial charge on any atom is 0.315 e. The molecule has 0 spiro atoms. The van der Waals surface area contributed by atoms with E-state index in [1.807, 2.05) is 48.5 Å². The first-order valence-corrected chi connectivity index (χ1v) is 10.3. The number of carbonyl (C=O) groups excluding carboxylic acids is 1. The number of rotatable bonds is 5. The lowest BCUT2D eigenvalue weighted by molar-refractivity contribution is 0.228. The molecule has 4 rings (SSSR count). The van der Waals surface area contributed by atoms with Crippen molar-refractivity contribution in [3.8, 4) is 11.5 Å². The summed E-state index contributed by atoms with van der Waals surface area (Å²) >= 11 is 6.25. The molecular formula is C22H23ClN4O2. The summed E-state index contributed by atoms with van der Waals surface area (Å²) in [5, 5.41) is 14.9. The lowest BCUT2D eigenvalue weighted by atomic mass is 9.96. The Bertz CT molecular complexity index is 954. The number of carbonyl (C=O) groups is 1. The Balaban J connectivity index is 1.57. The van der Waals surface area contributed by atoms with Crippen LogP contribution in [0.5, 0.6) is 0 Å². The van der Waals surface area contributed by atoms with E-state index < -0.39 is 6.04 Å². The molecular weight excluding hydrogens is 388 g/mol. The SMILES string of the molecule is O=C(NC1CCCCC1)N[C@H](c1ccccc1)c1nnc(-c2ccccc2Cl)o1. The van der Waals surface area contributed by atoms with Crippen LogP contribution in [0.2, 0.25) is 5.02 Å². The number of amides is 2. The van der Waals surface area contributed by atoms with Crippen molar-refractivity contribution in [2.24, 2.45) is 0 Å². The summed E-state index contributed by atoms with van der Waals surface area (Å²) in [4.78, 5) is 12.7. The van der Waals surface area contributed by atoms with Gasteiger partial charge in [0.1, 0.15) is 6.04 Å². The van der Waals surface area contributed by atoms with Crippen LogP contribution in [0.3, 0.4) is 0 Å². The highest BCUT2D eigenvalue weighted by Crippen LogP contribution is 2.29. The van der Waals surface area contributed by atoms with E-state index in [1.54, 1.807) is 6.07 Å². The summed E-state index contributed by atoms with van der Waals surface area (Å²) in [6.45, 7) is 0. The zero-order chi connectivity index (χ0) is 20.1. The van der Waals surface area contributed by atoms with Crippen molar-refractivity contribution in [1.82, 2.24) is 20.8 Å². The van der Waals surface area contributed by atoms with E-state index in [4.69, 9.17) is 16.0 Å². The van der Waals surface area contributed by atoms with Crippen LogP contribution in [-0.4, -0.2) is 22.3 Å². The number of nitrogens with one attached hydrogen (secondary N) is 2. The fourth-order valence-electron chi connectivity index (χ4n) is 3.63. The molecule has 1 atom stereocenters. The average Bonchev–Trinajstić information content (AvgIpc) is 3.23. The van der Waals surface area contributed by atoms with Crippen molar-refractivity contribution in [3.63, 3.8) is 0 Å². The molecule has 0 unspecified atom stereocenters. The zero-order valence-corrected chi connectivity index (χ0v) is 16.7. The molecule has 6 nitrogen and oxygen atoms in total. The minimum Gasteiger partial charge on any atom is -0.418 e. The topological polar surface area (TPSA) is 80.0 Å². The third kappa shape index (κ3) is 4.77. The minimum atomic E-state index is -0.552. The van der Waals surface area contributed by atoms with E-state index in [9.17, 15) is 4.79 Å². The highest BCUT2D eigenvalue weighted by atomic mass is 35.5. The lowest BCUT2D eigenvalue weighted by Gasteiger charge is -2.24. The minimum absolute atomic E-state index is 0.210. The third-order valence-electron chi connectivity index (χ3n) is 5.14. The number of hydrogen-bond donors (Lipinski definition) is 2. The molecule has 1 saturated carbocycles. The molecule has 2 aromatic carbocycles. The number of aromatic nitrogens is 2. The van der Waals surface area contributed by atoms with Crippen LogP contribution in [0.1, 0.15) is 49.6 Å². The summed E-state index contributed by atoms with van der Waals surface area (Å²) in [7, 11) is 0. The molecule has 150 valence electrons. The summed E-state index contributed by atoms with van der Waals surface area (Å²) in [6, 6.07) is 16.3. The number of nitrogens with zero attached hydrogens (tertiary/aromatic N) is 2. The van der Waals surface area contributed by atoms with Crippen molar-refractivity contribution in [2.75, 3.05) is 0 Å². The van der Waals surface area contributed by atoms with Crippen molar-refractivity contribution < 1.29 is 9.21 Å². The second-order valence-corrected chi connectivity index (χ2v) is 7.63. The van der Waals surface area contributed by atoms with Crippen molar-refractivity contribution in [3.05, 3.63) is 71.1 Å². The van der Waals surface area contributed by atoms with Gasteiger partial charge in [-0.25, -0.2) is 4.79 Å². The molecule has 1 fully saturated rings. The summed E-state index contributed by atoms with van der Waals surface area (Å²) in [5.41, 5.74) is 1.52. The van der Waals surface area contributed by atoms with E-state index in [2.05, 4.69) is 20.8 Å². The highest BCUT2D eigenvalue weighted by molar-refractivity contribution is 6.33. The molecule has 7 heteroatoms. The molecule has 1 heterocycles. The Morgan fingerprint density at radius 1 is 1.00 bits per heavy atom. The molecule has 3 aromatic rings. The quantitative estimate of drug-likeness (QED) is 0.612. The van der Waals surface area contributed by atoms with Gasteiger partial charge < -0.3 is 15.1 Å². The Kier molecular flexibility index (Phi) is 6.10. The highest BCUT2D eigenvalue weighted by Gasteiger charge is 2.25. The lowest BCUT2D eigenvalue weighted by Crippen LogP contribution is -2.44. The van der Waals surface area contributed by atoms with Crippen LogP contribution in [0.25, 0.3) is 11.5 Å². The van der Waals surface area contributed by atoms with Crippen molar-refractivity contribution in [2.45, 2.75) is 44.2 Å². The van der Waals surface area contributed by atoms with Gasteiger partial charge in [-0.15, -0.1) is 10.2 Å². The van der Waals surface area contributed by atoms with Crippen LogP contribution in [0.4, 0.5) is 4.79 Å². The maximum absolute atomic E-state index is 12.7. The second-order valence-electron chi connectivity index (χ2n) is 7.22. The monoisotopic (exact) mass is 410 g/mol. The molecule has 29 heavy (non-hydrogen) atoms. The van der Waals surface area contributed by atoms with E-state index >= 15 is 0 Å². The number of urea groups is 1. The summed E-state index contributed by atoms with van der Waals surface area (Å²) in [6.07, 6.45) is 5.57. The first-order chi connectivity index (χ1) is 14.2. The standard InChI is InChI=1S/C22H23ClN4O2/c23-18-14-8-7-13-17(18)20-26-27-21(29-20)19(15-9-3-1-4-10-15)25-22(28)24-16-11-5-2-6-12-16/h1,3-4,7-10,13-14,16,19H,2,5-6,11-12H2,(H2,24,25,28)/t19-/m1/s1. The van der Waals surface area contributed by atoms with Crippen LogP contribution in [0.15, 0.2) is 59.0 Å². The predicted octanol–water partition coefficient (Wildman–Crippen LogP) is 5.11. The zero-order valence-electron chi connectivity index (χ0n) is 16.0. The van der Waals surface area contributed by atoms with Gasteiger partial charge in [0.15, 0.2) is 0 Å². The van der Waals surface area contributed by atoms with Gasteiger partial charge in [-0.3, -0.25) is 0 Å². The molecule has 2 N–H and O–H groups in total. The molecule has 1 aliphatic rings. The number of benzene rings is 2. The van der Waals surface area contributed by atoms with Gasteiger partial charge in [-0.05, 0) is 30.5 Å². The maximum atomic E-state index is 12.7. The number of halogens is 1. The Morgan fingerprint density at radius 2 is 1.72 bits per heavy atom.